The van der Waals surface area contributed by atoms with Gasteiger partial charge in [0.1, 0.15) is 0 Å². The van der Waals surface area contributed by atoms with Gasteiger partial charge in [0.2, 0.25) is 0 Å². The third kappa shape index (κ3) is 5.83. The van der Waals surface area contributed by atoms with Crippen molar-refractivity contribution in [3.05, 3.63) is 23.8 Å². The highest BCUT2D eigenvalue weighted by Crippen LogP contribution is 2.36. The van der Waals surface area contributed by atoms with E-state index < -0.39 is 5.60 Å². The zero-order valence-corrected chi connectivity index (χ0v) is 13.9. The fourth-order valence-corrected chi connectivity index (χ4v) is 3.12. The summed E-state index contributed by atoms with van der Waals surface area (Å²) >= 11 is 0. The zero-order chi connectivity index (χ0) is 15.0. The van der Waals surface area contributed by atoms with E-state index in [1.807, 2.05) is 6.92 Å². The second-order valence-electron chi connectivity index (χ2n) is 6.86. The van der Waals surface area contributed by atoms with E-state index in [0.717, 1.165) is 25.7 Å². The van der Waals surface area contributed by atoms with Crippen LogP contribution in [-0.4, -0.2) is 10.7 Å². The number of aliphatic hydroxyl groups is 1. The van der Waals surface area contributed by atoms with E-state index in [1.165, 1.54) is 49.7 Å². The molecule has 1 aliphatic rings. The summed E-state index contributed by atoms with van der Waals surface area (Å²) in [6, 6.07) is 0. The lowest BCUT2D eigenvalue weighted by molar-refractivity contribution is -0.0110. The fraction of sp³-hybridized carbons (Fsp3) is 0.789. The number of hydrogen-bond acceptors (Lipinski definition) is 1. The van der Waals surface area contributed by atoms with Crippen LogP contribution in [0, 0.1) is 5.92 Å². The van der Waals surface area contributed by atoms with E-state index in [-0.39, 0.29) is 0 Å². The summed E-state index contributed by atoms with van der Waals surface area (Å²) in [7, 11) is 0. The molecule has 2 unspecified atom stereocenters. The maximum absolute atomic E-state index is 10.7. The van der Waals surface area contributed by atoms with Crippen LogP contribution in [-0.2, 0) is 0 Å². The van der Waals surface area contributed by atoms with Crippen LogP contribution < -0.4 is 0 Å². The van der Waals surface area contributed by atoms with E-state index in [1.54, 1.807) is 0 Å². The van der Waals surface area contributed by atoms with Crippen LogP contribution in [0.5, 0.6) is 0 Å². The molecule has 0 aromatic carbocycles. The quantitative estimate of drug-likeness (QED) is 0.529. The first-order valence-electron chi connectivity index (χ1n) is 8.54. The first-order chi connectivity index (χ1) is 9.47. The molecular weight excluding hydrogens is 244 g/mol. The second kappa shape index (κ2) is 8.67. The molecule has 0 aromatic rings. The van der Waals surface area contributed by atoms with Gasteiger partial charge in [0.25, 0.3) is 0 Å². The Bertz CT molecular complexity index is 325. The molecule has 2 atom stereocenters. The Morgan fingerprint density at radius 3 is 2.40 bits per heavy atom. The van der Waals surface area contributed by atoms with Crippen molar-refractivity contribution in [3.8, 4) is 0 Å². The summed E-state index contributed by atoms with van der Waals surface area (Å²) in [6.45, 7) is 10.5. The normalized spacial score (nSPS) is 22.5. The van der Waals surface area contributed by atoms with Crippen LogP contribution in [0.1, 0.15) is 85.0 Å². The van der Waals surface area contributed by atoms with Crippen molar-refractivity contribution in [2.24, 2.45) is 5.92 Å². The van der Waals surface area contributed by atoms with Gasteiger partial charge in [0, 0.05) is 0 Å². The molecule has 20 heavy (non-hydrogen) atoms. The molecule has 1 heteroatoms. The Balaban J connectivity index is 2.23. The van der Waals surface area contributed by atoms with Crippen LogP contribution in [0.25, 0.3) is 0 Å². The van der Waals surface area contributed by atoms with Crippen molar-refractivity contribution < 1.29 is 5.11 Å². The molecule has 116 valence electrons. The molecule has 1 rings (SSSR count). The summed E-state index contributed by atoms with van der Waals surface area (Å²) in [5.41, 5.74) is 2.00. The van der Waals surface area contributed by atoms with E-state index >= 15 is 0 Å². The Labute approximate surface area is 126 Å². The molecule has 0 saturated heterocycles. The smallest absolute Gasteiger partial charge is 0.0653 e. The summed E-state index contributed by atoms with van der Waals surface area (Å²) in [5, 5.41) is 10.7. The van der Waals surface area contributed by atoms with E-state index in [9.17, 15) is 5.11 Å². The second-order valence-corrected chi connectivity index (χ2v) is 6.86. The molecule has 0 bridgehead atoms. The van der Waals surface area contributed by atoms with E-state index in [2.05, 4.69) is 26.5 Å². The Hall–Kier alpha value is -0.560. The van der Waals surface area contributed by atoms with Gasteiger partial charge in [0.15, 0.2) is 0 Å². The SMILES string of the molecule is C=C1CC(C(C)(O)CCCCCCCCC)CC=C1C. The van der Waals surface area contributed by atoms with Crippen LogP contribution in [0.3, 0.4) is 0 Å². The minimum atomic E-state index is -0.524. The molecule has 0 aromatic heterocycles. The van der Waals surface area contributed by atoms with Crippen molar-refractivity contribution in [2.75, 3.05) is 0 Å². The van der Waals surface area contributed by atoms with Crippen molar-refractivity contribution in [1.29, 1.82) is 0 Å². The fourth-order valence-electron chi connectivity index (χ4n) is 3.12. The molecule has 0 aliphatic heterocycles. The number of allylic oxidation sites excluding steroid dienone is 3. The Morgan fingerprint density at radius 2 is 1.80 bits per heavy atom. The largest absolute Gasteiger partial charge is 0.390 e. The highest BCUT2D eigenvalue weighted by molar-refractivity contribution is 5.30. The highest BCUT2D eigenvalue weighted by Gasteiger charge is 2.32. The molecule has 1 N–H and O–H groups in total. The van der Waals surface area contributed by atoms with Gasteiger partial charge in [-0.25, -0.2) is 0 Å². The molecule has 0 amide bonds. The standard InChI is InChI=1S/C19H34O/c1-5-6-7-8-9-10-11-14-19(4,20)18-13-12-16(2)17(3)15-18/h12,18,20H,3,5-11,13-15H2,1-2,4H3. The van der Waals surface area contributed by atoms with E-state index in [0.29, 0.717) is 5.92 Å². The molecule has 0 fully saturated rings. The van der Waals surface area contributed by atoms with E-state index in [4.69, 9.17) is 0 Å². The Morgan fingerprint density at radius 1 is 1.20 bits per heavy atom. The monoisotopic (exact) mass is 278 g/mol. The third-order valence-corrected chi connectivity index (χ3v) is 4.93. The van der Waals surface area contributed by atoms with Gasteiger partial charge in [-0.3, -0.25) is 0 Å². The predicted molar refractivity (Wildman–Crippen MR) is 88.9 cm³/mol. The lowest BCUT2D eigenvalue weighted by Gasteiger charge is -2.35. The summed E-state index contributed by atoms with van der Waals surface area (Å²) in [6.07, 6.45) is 14.3. The molecule has 0 radical (unpaired) electrons. The zero-order valence-electron chi connectivity index (χ0n) is 13.9. The Kier molecular flexibility index (Phi) is 7.58. The van der Waals surface area contributed by atoms with Gasteiger partial charge in [-0.15, -0.1) is 0 Å². The lowest BCUT2D eigenvalue weighted by atomic mass is 9.75. The van der Waals surface area contributed by atoms with Crippen molar-refractivity contribution in [3.63, 3.8) is 0 Å². The van der Waals surface area contributed by atoms with Crippen LogP contribution in [0.2, 0.25) is 0 Å². The molecule has 0 heterocycles. The molecule has 1 aliphatic carbocycles. The van der Waals surface area contributed by atoms with Crippen molar-refractivity contribution in [2.45, 2.75) is 90.6 Å². The maximum atomic E-state index is 10.7. The first kappa shape index (κ1) is 17.5. The topological polar surface area (TPSA) is 20.2 Å². The summed E-state index contributed by atoms with van der Waals surface area (Å²) in [4.78, 5) is 0. The number of hydrogen-bond donors (Lipinski definition) is 1. The van der Waals surface area contributed by atoms with Gasteiger partial charge in [-0.1, -0.05) is 75.7 Å². The average Bonchev–Trinajstić information content (AvgIpc) is 2.40. The summed E-state index contributed by atoms with van der Waals surface area (Å²) < 4.78 is 0. The minimum Gasteiger partial charge on any atom is -0.390 e. The predicted octanol–water partition coefficient (Wildman–Crippen LogP) is 5.79. The average molecular weight is 278 g/mol. The third-order valence-electron chi connectivity index (χ3n) is 4.93. The summed E-state index contributed by atoms with van der Waals surface area (Å²) in [5.74, 6) is 0.360. The van der Waals surface area contributed by atoms with Crippen molar-refractivity contribution in [1.82, 2.24) is 0 Å². The van der Waals surface area contributed by atoms with Gasteiger partial charge < -0.3 is 5.11 Å². The highest BCUT2D eigenvalue weighted by atomic mass is 16.3. The molecule has 0 spiro atoms. The van der Waals surface area contributed by atoms with Gasteiger partial charge in [-0.2, -0.15) is 0 Å². The molecular formula is C19H34O. The van der Waals surface area contributed by atoms with Crippen LogP contribution in [0.4, 0.5) is 0 Å². The molecule has 1 nitrogen and oxygen atoms in total. The first-order valence-corrected chi connectivity index (χ1v) is 8.54. The minimum absolute atomic E-state index is 0.360. The van der Waals surface area contributed by atoms with Gasteiger partial charge in [0.05, 0.1) is 5.60 Å². The lowest BCUT2D eigenvalue weighted by Crippen LogP contribution is -2.35. The number of unbranched alkanes of at least 4 members (excludes halogenated alkanes) is 6. The van der Waals surface area contributed by atoms with Crippen LogP contribution in [0.15, 0.2) is 23.8 Å². The molecule has 0 saturated carbocycles. The maximum Gasteiger partial charge on any atom is 0.0653 e. The van der Waals surface area contributed by atoms with Gasteiger partial charge >= 0.3 is 0 Å². The van der Waals surface area contributed by atoms with Crippen molar-refractivity contribution >= 4 is 0 Å². The van der Waals surface area contributed by atoms with Crippen LogP contribution >= 0.6 is 0 Å². The number of rotatable bonds is 9. The van der Waals surface area contributed by atoms with Gasteiger partial charge in [-0.05, 0) is 39.0 Å².